The van der Waals surface area contributed by atoms with Crippen molar-refractivity contribution in [3.05, 3.63) is 29.6 Å². The first-order chi connectivity index (χ1) is 5.24. The van der Waals surface area contributed by atoms with E-state index in [9.17, 15) is 0 Å². The molecule has 1 aromatic rings. The molecule has 0 N–H and O–H groups in total. The van der Waals surface area contributed by atoms with Crippen molar-refractivity contribution in [3.8, 4) is 0 Å². The van der Waals surface area contributed by atoms with Crippen molar-refractivity contribution >= 4 is 0 Å². The van der Waals surface area contributed by atoms with E-state index in [0.29, 0.717) is 5.92 Å². The van der Waals surface area contributed by atoms with Gasteiger partial charge in [0.15, 0.2) is 0 Å². The lowest BCUT2D eigenvalue weighted by Gasteiger charge is -2.07. The zero-order valence-electron chi connectivity index (χ0n) is 7.46. The van der Waals surface area contributed by atoms with Gasteiger partial charge in [-0.2, -0.15) is 0 Å². The first-order valence-electron chi connectivity index (χ1n) is 4.17. The molecule has 0 aliphatic carbocycles. The number of hydrogen-bond acceptors (Lipinski definition) is 1. The Labute approximate surface area is 68.5 Å². The summed E-state index contributed by atoms with van der Waals surface area (Å²) in [7, 11) is 0. The quantitative estimate of drug-likeness (QED) is 0.630. The summed E-state index contributed by atoms with van der Waals surface area (Å²) in [5, 5.41) is 0. The second-order valence-corrected chi connectivity index (χ2v) is 3.01. The fourth-order valence-corrected chi connectivity index (χ4v) is 1.05. The normalized spacial score (nSPS) is 13.0. The number of aromatic nitrogens is 1. The molecule has 11 heavy (non-hydrogen) atoms. The maximum atomic E-state index is 4.44. The van der Waals surface area contributed by atoms with Crippen molar-refractivity contribution in [2.24, 2.45) is 0 Å². The summed E-state index contributed by atoms with van der Waals surface area (Å²) in [5.74, 6) is 0.592. The predicted octanol–water partition coefficient (Wildman–Crippen LogP) is 2.90. The molecule has 0 aliphatic rings. The predicted molar refractivity (Wildman–Crippen MR) is 47.7 cm³/mol. The number of pyridine rings is 1. The van der Waals surface area contributed by atoms with Crippen LogP contribution in [0.3, 0.4) is 0 Å². The topological polar surface area (TPSA) is 12.9 Å². The van der Waals surface area contributed by atoms with Gasteiger partial charge in [0.25, 0.3) is 0 Å². The van der Waals surface area contributed by atoms with Crippen LogP contribution in [0.2, 0.25) is 0 Å². The van der Waals surface area contributed by atoms with E-state index in [2.05, 4.69) is 31.0 Å². The van der Waals surface area contributed by atoms with Crippen molar-refractivity contribution < 1.29 is 0 Å². The fraction of sp³-hybridized carbons (Fsp3) is 0.500. The molecule has 1 atom stereocenters. The maximum Gasteiger partial charge on any atom is 0.0434 e. The average molecular weight is 149 g/mol. The Morgan fingerprint density at radius 3 is 2.73 bits per heavy atom. The Hall–Kier alpha value is -0.850. The number of hydrogen-bond donors (Lipinski definition) is 0. The third kappa shape index (κ3) is 2.04. The molecule has 1 heteroatoms. The van der Waals surface area contributed by atoms with Crippen molar-refractivity contribution in [1.82, 2.24) is 4.98 Å². The highest BCUT2D eigenvalue weighted by molar-refractivity contribution is 5.12. The molecule has 0 fully saturated rings. The van der Waals surface area contributed by atoms with E-state index in [-0.39, 0.29) is 0 Å². The zero-order chi connectivity index (χ0) is 8.27. The Morgan fingerprint density at radius 2 is 2.18 bits per heavy atom. The van der Waals surface area contributed by atoms with Crippen LogP contribution in [0.4, 0.5) is 0 Å². The van der Waals surface area contributed by atoms with Gasteiger partial charge in [0, 0.05) is 11.4 Å². The lowest BCUT2D eigenvalue weighted by Crippen LogP contribution is -1.95. The minimum atomic E-state index is 0.592. The van der Waals surface area contributed by atoms with Crippen molar-refractivity contribution in [1.29, 1.82) is 0 Å². The molecular formula is C10H15N. The van der Waals surface area contributed by atoms with Crippen LogP contribution < -0.4 is 0 Å². The van der Waals surface area contributed by atoms with E-state index in [1.54, 1.807) is 0 Å². The zero-order valence-corrected chi connectivity index (χ0v) is 7.46. The standard InChI is InChI=1S/C10H15N/c1-4-8(2)10-7-5-6-9(3)11-10/h5-8H,4H2,1-3H3. The summed E-state index contributed by atoms with van der Waals surface area (Å²) in [6.07, 6.45) is 1.16. The van der Waals surface area contributed by atoms with Gasteiger partial charge in [0.05, 0.1) is 0 Å². The molecule has 0 saturated carbocycles. The van der Waals surface area contributed by atoms with E-state index in [0.717, 1.165) is 12.1 Å². The van der Waals surface area contributed by atoms with Gasteiger partial charge in [-0.3, -0.25) is 4.98 Å². The van der Waals surface area contributed by atoms with Crippen LogP contribution >= 0.6 is 0 Å². The molecule has 0 aromatic carbocycles. The van der Waals surface area contributed by atoms with Crippen LogP contribution in [0, 0.1) is 6.92 Å². The number of aryl methyl sites for hydroxylation is 1. The Morgan fingerprint density at radius 1 is 1.45 bits per heavy atom. The second kappa shape index (κ2) is 3.51. The van der Waals surface area contributed by atoms with Crippen LogP contribution in [0.25, 0.3) is 0 Å². The molecule has 0 bridgehead atoms. The average Bonchev–Trinajstić information content (AvgIpc) is 2.03. The van der Waals surface area contributed by atoms with Gasteiger partial charge >= 0.3 is 0 Å². The summed E-state index contributed by atoms with van der Waals surface area (Å²) >= 11 is 0. The molecule has 0 saturated heterocycles. The smallest absolute Gasteiger partial charge is 0.0434 e. The third-order valence-corrected chi connectivity index (χ3v) is 2.03. The lowest BCUT2D eigenvalue weighted by molar-refractivity contribution is 0.705. The monoisotopic (exact) mass is 149 g/mol. The SMILES string of the molecule is CCC(C)c1cccc(C)n1. The molecule has 0 aliphatic heterocycles. The lowest BCUT2D eigenvalue weighted by atomic mass is 10.0. The van der Waals surface area contributed by atoms with Gasteiger partial charge in [-0.15, -0.1) is 0 Å². The molecule has 1 aromatic heterocycles. The van der Waals surface area contributed by atoms with Crippen LogP contribution in [0.5, 0.6) is 0 Å². The Kier molecular flexibility index (Phi) is 2.64. The molecule has 1 rings (SSSR count). The molecule has 1 nitrogen and oxygen atoms in total. The minimum Gasteiger partial charge on any atom is -0.258 e. The van der Waals surface area contributed by atoms with Crippen LogP contribution in [0.1, 0.15) is 37.6 Å². The molecule has 0 spiro atoms. The van der Waals surface area contributed by atoms with Crippen LogP contribution in [-0.2, 0) is 0 Å². The highest BCUT2D eigenvalue weighted by atomic mass is 14.7. The van der Waals surface area contributed by atoms with Crippen molar-refractivity contribution in [2.45, 2.75) is 33.1 Å². The third-order valence-electron chi connectivity index (χ3n) is 2.03. The largest absolute Gasteiger partial charge is 0.258 e. The molecule has 0 amide bonds. The summed E-state index contributed by atoms with van der Waals surface area (Å²) in [6.45, 7) is 6.43. The molecular weight excluding hydrogens is 134 g/mol. The molecule has 1 heterocycles. The van der Waals surface area contributed by atoms with E-state index >= 15 is 0 Å². The van der Waals surface area contributed by atoms with Gasteiger partial charge in [0.2, 0.25) is 0 Å². The van der Waals surface area contributed by atoms with Crippen LogP contribution in [0.15, 0.2) is 18.2 Å². The van der Waals surface area contributed by atoms with Gasteiger partial charge in [-0.05, 0) is 31.4 Å². The molecule has 0 radical (unpaired) electrons. The van der Waals surface area contributed by atoms with E-state index < -0.39 is 0 Å². The van der Waals surface area contributed by atoms with Crippen LogP contribution in [-0.4, -0.2) is 4.98 Å². The van der Waals surface area contributed by atoms with E-state index in [1.807, 2.05) is 13.0 Å². The number of rotatable bonds is 2. The van der Waals surface area contributed by atoms with Gasteiger partial charge in [-0.25, -0.2) is 0 Å². The summed E-state index contributed by atoms with van der Waals surface area (Å²) in [5.41, 5.74) is 2.33. The molecule has 1 unspecified atom stereocenters. The Balaban J connectivity index is 2.86. The van der Waals surface area contributed by atoms with E-state index in [1.165, 1.54) is 5.69 Å². The maximum absolute atomic E-state index is 4.44. The molecule has 60 valence electrons. The van der Waals surface area contributed by atoms with E-state index in [4.69, 9.17) is 0 Å². The highest BCUT2D eigenvalue weighted by Crippen LogP contribution is 2.15. The van der Waals surface area contributed by atoms with Gasteiger partial charge in [-0.1, -0.05) is 19.9 Å². The first-order valence-corrected chi connectivity index (χ1v) is 4.17. The van der Waals surface area contributed by atoms with Crippen molar-refractivity contribution in [2.75, 3.05) is 0 Å². The van der Waals surface area contributed by atoms with Gasteiger partial charge in [0.1, 0.15) is 0 Å². The summed E-state index contributed by atoms with van der Waals surface area (Å²) < 4.78 is 0. The summed E-state index contributed by atoms with van der Waals surface area (Å²) in [4.78, 5) is 4.44. The highest BCUT2D eigenvalue weighted by Gasteiger charge is 2.02. The van der Waals surface area contributed by atoms with Crippen molar-refractivity contribution in [3.63, 3.8) is 0 Å². The fourth-order valence-electron chi connectivity index (χ4n) is 1.05. The number of nitrogens with zero attached hydrogens (tertiary/aromatic N) is 1. The minimum absolute atomic E-state index is 0.592. The first kappa shape index (κ1) is 8.25. The Bertz CT molecular complexity index is 230. The van der Waals surface area contributed by atoms with Gasteiger partial charge < -0.3 is 0 Å². The summed E-state index contributed by atoms with van der Waals surface area (Å²) in [6, 6.07) is 6.21. The second-order valence-electron chi connectivity index (χ2n) is 3.01.